The van der Waals surface area contributed by atoms with E-state index in [1.54, 1.807) is 26.8 Å². The average molecular weight is 352 g/mol. The second-order valence-electron chi connectivity index (χ2n) is 6.23. The maximum absolute atomic E-state index is 11.9. The number of hydrogen-bond acceptors (Lipinski definition) is 6. The van der Waals surface area contributed by atoms with Crippen LogP contribution in [0.15, 0.2) is 12.2 Å². The number of unbranched alkanes of at least 4 members (excludes halogenated alkanes) is 1. The first-order chi connectivity index (χ1) is 11.6. The van der Waals surface area contributed by atoms with E-state index < -0.39 is 29.0 Å². The summed E-state index contributed by atoms with van der Waals surface area (Å²) < 4.78 is 9.38. The first-order valence-corrected chi connectivity index (χ1v) is 7.85. The lowest BCUT2D eigenvalue weighted by atomic mass is 10.0. The Bertz CT molecular complexity index is 595. The number of nitrogens with zero attached hydrogens (tertiary/aromatic N) is 2. The van der Waals surface area contributed by atoms with Crippen LogP contribution < -0.4 is 0 Å². The molecule has 0 bridgehead atoms. The van der Waals surface area contributed by atoms with Gasteiger partial charge in [-0.3, -0.25) is 9.59 Å². The Kier molecular flexibility index (Phi) is 9.89. The van der Waals surface area contributed by atoms with Crippen molar-refractivity contribution in [2.75, 3.05) is 7.11 Å². The average Bonchev–Trinajstić information content (AvgIpc) is 2.51. The van der Waals surface area contributed by atoms with E-state index in [1.165, 1.54) is 13.2 Å². The number of ketones is 2. The van der Waals surface area contributed by atoms with Crippen molar-refractivity contribution >= 4 is 29.2 Å². The topological polar surface area (TPSA) is 123 Å². The third-order valence-electron chi connectivity index (χ3n) is 2.87. The first kappa shape index (κ1) is 22.4. The van der Waals surface area contributed by atoms with Crippen molar-refractivity contribution in [3.05, 3.63) is 17.7 Å². The Balaban J connectivity index is 4.28. The Morgan fingerprint density at radius 2 is 1.72 bits per heavy atom. The van der Waals surface area contributed by atoms with Crippen molar-refractivity contribution in [3.63, 3.8) is 0 Å². The number of carbonyl (C=O) groups is 4. The number of rotatable bonds is 10. The molecular formula is C17H24N2O6. The summed E-state index contributed by atoms with van der Waals surface area (Å²) >= 11 is 0. The highest BCUT2D eigenvalue weighted by molar-refractivity contribution is 6.62. The van der Waals surface area contributed by atoms with Crippen LogP contribution in [0.2, 0.25) is 0 Å². The van der Waals surface area contributed by atoms with Crippen LogP contribution in [0.5, 0.6) is 0 Å². The van der Waals surface area contributed by atoms with E-state index in [0.29, 0.717) is 12.8 Å². The number of Topliss-reactive ketones (excluding diaryl/α,β-unsaturated/α-hetero) is 2. The SMILES string of the molecule is COC(=O)/C=C/CCCC(=O)CCC(=O)C(=[N+]=[N-])C(=O)OC(C)(C)C. The lowest BCUT2D eigenvalue weighted by Crippen LogP contribution is -2.34. The molecule has 0 saturated heterocycles. The van der Waals surface area contributed by atoms with Crippen LogP contribution in [0.25, 0.3) is 5.53 Å². The highest BCUT2D eigenvalue weighted by Gasteiger charge is 2.33. The second-order valence-corrected chi connectivity index (χ2v) is 6.23. The third-order valence-corrected chi connectivity index (χ3v) is 2.87. The van der Waals surface area contributed by atoms with Gasteiger partial charge in [0.25, 0.3) is 5.78 Å². The van der Waals surface area contributed by atoms with Gasteiger partial charge in [0.2, 0.25) is 0 Å². The number of hydrogen-bond donors (Lipinski definition) is 0. The van der Waals surface area contributed by atoms with Crippen LogP contribution >= 0.6 is 0 Å². The highest BCUT2D eigenvalue weighted by atomic mass is 16.6. The molecule has 0 aliphatic rings. The minimum atomic E-state index is -1.03. The van der Waals surface area contributed by atoms with Gasteiger partial charge in [-0.05, 0) is 33.6 Å². The molecule has 0 atom stereocenters. The van der Waals surface area contributed by atoms with E-state index in [0.717, 1.165) is 0 Å². The molecule has 0 aromatic heterocycles. The zero-order chi connectivity index (χ0) is 19.5. The van der Waals surface area contributed by atoms with Gasteiger partial charge >= 0.3 is 17.7 Å². The van der Waals surface area contributed by atoms with Gasteiger partial charge in [-0.25, -0.2) is 9.59 Å². The Labute approximate surface area is 146 Å². The summed E-state index contributed by atoms with van der Waals surface area (Å²) in [7, 11) is 1.27. The molecule has 0 heterocycles. The summed E-state index contributed by atoms with van der Waals surface area (Å²) in [6.07, 6.45) is 3.85. The molecule has 0 fully saturated rings. The Morgan fingerprint density at radius 1 is 1.08 bits per heavy atom. The molecule has 138 valence electrons. The summed E-state index contributed by atoms with van der Waals surface area (Å²) in [5, 5.41) is 0. The molecule has 25 heavy (non-hydrogen) atoms. The molecule has 0 aromatic rings. The minimum Gasteiger partial charge on any atom is -0.466 e. The fourth-order valence-electron chi connectivity index (χ4n) is 1.70. The standard InChI is InChI=1S/C17H24N2O6/c1-17(2,3)25-16(23)15(19-18)13(21)11-10-12(20)8-6-5-7-9-14(22)24-4/h7,9H,5-6,8,10-11H2,1-4H3/b9-7+. The molecule has 8 nitrogen and oxygen atoms in total. The van der Waals surface area contributed by atoms with Gasteiger partial charge in [0.1, 0.15) is 11.4 Å². The predicted molar refractivity (Wildman–Crippen MR) is 88.7 cm³/mol. The Morgan fingerprint density at radius 3 is 2.24 bits per heavy atom. The molecule has 0 radical (unpaired) electrons. The molecule has 8 heteroatoms. The first-order valence-electron chi connectivity index (χ1n) is 7.85. The van der Waals surface area contributed by atoms with Crippen molar-refractivity contribution in [1.29, 1.82) is 0 Å². The minimum absolute atomic E-state index is 0.0681. The molecule has 0 amide bonds. The van der Waals surface area contributed by atoms with Crippen LogP contribution in [0.1, 0.15) is 52.9 Å². The normalized spacial score (nSPS) is 10.9. The molecule has 0 aromatic carbocycles. The number of esters is 2. The van der Waals surface area contributed by atoms with Crippen LogP contribution in [-0.2, 0) is 28.7 Å². The van der Waals surface area contributed by atoms with Crippen LogP contribution in [0.4, 0.5) is 0 Å². The van der Waals surface area contributed by atoms with Gasteiger partial charge in [-0.2, -0.15) is 4.79 Å². The van der Waals surface area contributed by atoms with Crippen LogP contribution in [0, 0.1) is 0 Å². The summed E-state index contributed by atoms with van der Waals surface area (Å²) in [6, 6.07) is 0. The summed E-state index contributed by atoms with van der Waals surface area (Å²) in [5.41, 5.74) is 7.28. The molecule has 0 rings (SSSR count). The van der Waals surface area contributed by atoms with E-state index >= 15 is 0 Å². The lowest BCUT2D eigenvalue weighted by molar-refractivity contribution is -0.152. The number of ether oxygens (including phenoxy) is 2. The largest absolute Gasteiger partial charge is 0.466 e. The molecule has 0 saturated carbocycles. The lowest BCUT2D eigenvalue weighted by Gasteiger charge is -2.17. The second kappa shape index (κ2) is 11.0. The van der Waals surface area contributed by atoms with Crippen molar-refractivity contribution in [2.24, 2.45) is 0 Å². The molecule has 0 N–H and O–H groups in total. The van der Waals surface area contributed by atoms with Gasteiger partial charge < -0.3 is 15.0 Å². The van der Waals surface area contributed by atoms with E-state index in [-0.39, 0.29) is 25.0 Å². The van der Waals surface area contributed by atoms with Crippen molar-refractivity contribution in [2.45, 2.75) is 58.5 Å². The van der Waals surface area contributed by atoms with Gasteiger partial charge in [-0.15, -0.1) is 0 Å². The van der Waals surface area contributed by atoms with Crippen molar-refractivity contribution in [1.82, 2.24) is 0 Å². The van der Waals surface area contributed by atoms with Gasteiger partial charge in [0, 0.05) is 25.3 Å². The summed E-state index contributed by atoms with van der Waals surface area (Å²) in [5.74, 6) is -2.41. The molecule has 0 unspecified atom stereocenters. The number of methoxy groups -OCH3 is 1. The van der Waals surface area contributed by atoms with E-state index in [2.05, 4.69) is 9.53 Å². The fraction of sp³-hybridized carbons (Fsp3) is 0.588. The maximum atomic E-state index is 11.9. The van der Waals surface area contributed by atoms with E-state index in [9.17, 15) is 19.2 Å². The zero-order valence-electron chi connectivity index (χ0n) is 15.0. The summed E-state index contributed by atoms with van der Waals surface area (Å²) in [6.45, 7) is 4.84. The van der Waals surface area contributed by atoms with Crippen LogP contribution in [-0.4, -0.2) is 46.7 Å². The van der Waals surface area contributed by atoms with Crippen LogP contribution in [0.3, 0.4) is 0 Å². The maximum Gasteiger partial charge on any atom is 0.441 e. The monoisotopic (exact) mass is 352 g/mol. The van der Waals surface area contributed by atoms with Crippen molar-refractivity contribution in [3.8, 4) is 0 Å². The molecule has 0 aliphatic heterocycles. The van der Waals surface area contributed by atoms with E-state index in [1.807, 2.05) is 0 Å². The smallest absolute Gasteiger partial charge is 0.441 e. The van der Waals surface area contributed by atoms with Gasteiger partial charge in [0.15, 0.2) is 0 Å². The quantitative estimate of drug-likeness (QED) is 0.112. The Hall–Kier alpha value is -2.60. The third kappa shape index (κ3) is 10.7. The van der Waals surface area contributed by atoms with Gasteiger partial charge in [-0.1, -0.05) is 6.08 Å². The predicted octanol–water partition coefficient (Wildman–Crippen LogP) is 1.82. The summed E-state index contributed by atoms with van der Waals surface area (Å²) in [4.78, 5) is 48.9. The zero-order valence-corrected chi connectivity index (χ0v) is 15.0. The number of allylic oxidation sites excluding steroid dienone is 1. The van der Waals surface area contributed by atoms with E-state index in [4.69, 9.17) is 10.3 Å². The van der Waals surface area contributed by atoms with Gasteiger partial charge in [0.05, 0.1) is 7.11 Å². The molecular weight excluding hydrogens is 328 g/mol. The fourth-order valence-corrected chi connectivity index (χ4v) is 1.70. The van der Waals surface area contributed by atoms with Crippen molar-refractivity contribution < 1.29 is 33.4 Å². The molecule has 0 spiro atoms. The molecule has 0 aliphatic carbocycles. The highest BCUT2D eigenvalue weighted by Crippen LogP contribution is 2.09. The number of carbonyl (C=O) groups excluding carboxylic acids is 4.